The van der Waals surface area contributed by atoms with Crippen LogP contribution in [-0.2, 0) is 14.8 Å². The minimum atomic E-state index is -3.66. The van der Waals surface area contributed by atoms with Crippen molar-refractivity contribution in [3.8, 4) is 0 Å². The van der Waals surface area contributed by atoms with Gasteiger partial charge in [-0.1, -0.05) is 18.5 Å². The summed E-state index contributed by atoms with van der Waals surface area (Å²) in [5, 5.41) is 0.288. The van der Waals surface area contributed by atoms with Crippen molar-refractivity contribution < 1.29 is 17.9 Å². The summed E-state index contributed by atoms with van der Waals surface area (Å²) < 4.78 is 32.4. The lowest BCUT2D eigenvalue weighted by Gasteiger charge is -2.35. The molecule has 0 saturated carbocycles. The lowest BCUT2D eigenvalue weighted by molar-refractivity contribution is 0.0608. The summed E-state index contributed by atoms with van der Waals surface area (Å²) in [5.41, 5.74) is 0.265. The minimum Gasteiger partial charge on any atom is -0.379 e. The van der Waals surface area contributed by atoms with Crippen molar-refractivity contribution in [3.63, 3.8) is 0 Å². The Morgan fingerprint density at radius 2 is 1.96 bits per heavy atom. The molecule has 0 aliphatic carbocycles. The van der Waals surface area contributed by atoms with Gasteiger partial charge in [-0.25, -0.2) is 8.42 Å². The van der Waals surface area contributed by atoms with Gasteiger partial charge >= 0.3 is 0 Å². The molecule has 3 rings (SSSR count). The van der Waals surface area contributed by atoms with Gasteiger partial charge in [-0.3, -0.25) is 4.79 Å². The van der Waals surface area contributed by atoms with Crippen LogP contribution in [0.4, 0.5) is 0 Å². The monoisotopic (exact) mass is 400 g/mol. The molecule has 144 valence electrons. The molecule has 2 aliphatic rings. The number of piperidine rings is 1. The number of halogens is 1. The number of hydrogen-bond donors (Lipinski definition) is 0. The topological polar surface area (TPSA) is 66.9 Å². The van der Waals surface area contributed by atoms with Crippen molar-refractivity contribution in [3.05, 3.63) is 28.8 Å². The number of morpholine rings is 1. The summed E-state index contributed by atoms with van der Waals surface area (Å²) in [6, 6.07) is 4.59. The Morgan fingerprint density at radius 3 is 2.65 bits per heavy atom. The molecule has 0 N–H and O–H groups in total. The molecule has 8 heteroatoms. The second kappa shape index (κ2) is 8.25. The normalized spacial score (nSPS) is 22.4. The number of carbonyl (C=O) groups is 1. The Labute approximate surface area is 160 Å². The summed E-state index contributed by atoms with van der Waals surface area (Å²) in [6.07, 6.45) is 3.94. The predicted molar refractivity (Wildman–Crippen MR) is 100.0 cm³/mol. The number of hydrogen-bond acceptors (Lipinski definition) is 4. The number of nitrogens with zero attached hydrogens (tertiary/aromatic N) is 2. The lowest BCUT2D eigenvalue weighted by atomic mass is 9.99. The van der Waals surface area contributed by atoms with Gasteiger partial charge in [0.1, 0.15) is 0 Å². The van der Waals surface area contributed by atoms with Gasteiger partial charge in [-0.2, -0.15) is 4.31 Å². The van der Waals surface area contributed by atoms with E-state index in [1.807, 2.05) is 4.90 Å². The van der Waals surface area contributed by atoms with Crippen LogP contribution in [0.2, 0.25) is 5.02 Å². The molecule has 0 aromatic heterocycles. The minimum absolute atomic E-state index is 0.109. The van der Waals surface area contributed by atoms with Crippen LogP contribution >= 0.6 is 11.6 Å². The second-order valence-electron chi connectivity index (χ2n) is 6.71. The average molecular weight is 401 g/mol. The molecule has 1 amide bonds. The van der Waals surface area contributed by atoms with Gasteiger partial charge in [0, 0.05) is 25.7 Å². The summed E-state index contributed by atoms with van der Waals surface area (Å²) in [6.45, 7) is 4.15. The number of sulfonamides is 1. The van der Waals surface area contributed by atoms with Crippen molar-refractivity contribution in [2.75, 3.05) is 32.8 Å². The molecule has 26 heavy (non-hydrogen) atoms. The molecule has 2 aliphatic heterocycles. The summed E-state index contributed by atoms with van der Waals surface area (Å²) in [7, 11) is -3.66. The van der Waals surface area contributed by atoms with E-state index in [1.54, 1.807) is 0 Å². The molecule has 2 fully saturated rings. The van der Waals surface area contributed by atoms with Crippen LogP contribution in [0, 0.1) is 0 Å². The SMILES string of the molecule is CCC1CCCCN1C(=O)c1cc(S(=O)(=O)N2CCOCC2)ccc1Cl. The van der Waals surface area contributed by atoms with Gasteiger partial charge in [-0.05, 0) is 43.9 Å². The maximum Gasteiger partial charge on any atom is 0.255 e. The van der Waals surface area contributed by atoms with Crippen molar-refractivity contribution in [1.29, 1.82) is 0 Å². The highest BCUT2D eigenvalue weighted by molar-refractivity contribution is 7.89. The summed E-state index contributed by atoms with van der Waals surface area (Å²) in [5.74, 6) is -0.180. The van der Waals surface area contributed by atoms with Crippen LogP contribution in [0.15, 0.2) is 23.1 Å². The molecule has 0 bridgehead atoms. The molecule has 2 heterocycles. The fraction of sp³-hybridized carbons (Fsp3) is 0.611. The molecule has 6 nitrogen and oxygen atoms in total. The first-order valence-corrected chi connectivity index (χ1v) is 11.0. The molecular formula is C18H25ClN2O4S. The molecule has 2 saturated heterocycles. The van der Waals surface area contributed by atoms with E-state index in [0.29, 0.717) is 32.8 Å². The van der Waals surface area contributed by atoms with E-state index >= 15 is 0 Å². The number of amides is 1. The van der Waals surface area contributed by atoms with E-state index in [2.05, 4.69) is 6.92 Å². The molecule has 1 aromatic rings. The lowest BCUT2D eigenvalue weighted by Crippen LogP contribution is -2.43. The molecule has 1 unspecified atom stereocenters. The Kier molecular flexibility index (Phi) is 6.22. The quantitative estimate of drug-likeness (QED) is 0.779. The molecule has 0 spiro atoms. The molecule has 1 atom stereocenters. The Hall–Kier alpha value is -1.15. The molecular weight excluding hydrogens is 376 g/mol. The van der Waals surface area contributed by atoms with E-state index in [4.69, 9.17) is 16.3 Å². The maximum absolute atomic E-state index is 13.1. The number of likely N-dealkylation sites (tertiary alicyclic amines) is 1. The first-order chi connectivity index (χ1) is 12.4. The van der Waals surface area contributed by atoms with Gasteiger partial charge < -0.3 is 9.64 Å². The van der Waals surface area contributed by atoms with Crippen molar-refractivity contribution in [2.45, 2.75) is 43.5 Å². The van der Waals surface area contributed by atoms with Crippen LogP contribution in [0.1, 0.15) is 43.0 Å². The number of ether oxygens (including phenoxy) is 1. The largest absolute Gasteiger partial charge is 0.379 e. The number of benzene rings is 1. The average Bonchev–Trinajstić information content (AvgIpc) is 2.68. The predicted octanol–water partition coefficient (Wildman–Crippen LogP) is 2.77. The van der Waals surface area contributed by atoms with Crippen molar-refractivity contribution in [1.82, 2.24) is 9.21 Å². The van der Waals surface area contributed by atoms with E-state index in [0.717, 1.165) is 25.7 Å². The van der Waals surface area contributed by atoms with Gasteiger partial charge in [0.2, 0.25) is 10.0 Å². The Balaban J connectivity index is 1.91. The zero-order chi connectivity index (χ0) is 18.7. The third kappa shape index (κ3) is 3.91. The first kappa shape index (κ1) is 19.6. The van der Waals surface area contributed by atoms with E-state index in [9.17, 15) is 13.2 Å². The maximum atomic E-state index is 13.1. The second-order valence-corrected chi connectivity index (χ2v) is 9.06. The van der Waals surface area contributed by atoms with Gasteiger partial charge in [-0.15, -0.1) is 0 Å². The highest BCUT2D eigenvalue weighted by atomic mass is 35.5. The molecule has 0 radical (unpaired) electrons. The summed E-state index contributed by atoms with van der Waals surface area (Å²) >= 11 is 6.26. The van der Waals surface area contributed by atoms with Crippen LogP contribution in [0.25, 0.3) is 0 Å². The van der Waals surface area contributed by atoms with E-state index in [-0.39, 0.29) is 27.4 Å². The first-order valence-electron chi connectivity index (χ1n) is 9.13. The van der Waals surface area contributed by atoms with E-state index < -0.39 is 10.0 Å². The van der Waals surface area contributed by atoms with Crippen LogP contribution < -0.4 is 0 Å². The van der Waals surface area contributed by atoms with Gasteiger partial charge in [0.15, 0.2) is 0 Å². The fourth-order valence-corrected chi connectivity index (χ4v) is 5.24. The van der Waals surface area contributed by atoms with Gasteiger partial charge in [0.05, 0.1) is 28.7 Å². The molecule has 1 aromatic carbocycles. The zero-order valence-electron chi connectivity index (χ0n) is 15.0. The highest BCUT2D eigenvalue weighted by Crippen LogP contribution is 2.28. The standard InChI is InChI=1S/C18H25ClN2O4S/c1-2-14-5-3-4-8-21(14)18(22)16-13-15(6-7-17(16)19)26(23,24)20-9-11-25-12-10-20/h6-7,13-14H,2-5,8-12H2,1H3. The third-order valence-electron chi connectivity index (χ3n) is 5.14. The van der Waals surface area contributed by atoms with Crippen LogP contribution in [-0.4, -0.2) is 62.4 Å². The highest BCUT2D eigenvalue weighted by Gasteiger charge is 2.30. The van der Waals surface area contributed by atoms with Crippen LogP contribution in [0.3, 0.4) is 0 Å². The van der Waals surface area contributed by atoms with Crippen LogP contribution in [0.5, 0.6) is 0 Å². The third-order valence-corrected chi connectivity index (χ3v) is 7.36. The number of carbonyl (C=O) groups excluding carboxylic acids is 1. The Bertz CT molecular complexity index is 762. The smallest absolute Gasteiger partial charge is 0.255 e. The van der Waals surface area contributed by atoms with E-state index in [1.165, 1.54) is 22.5 Å². The van der Waals surface area contributed by atoms with Gasteiger partial charge in [0.25, 0.3) is 5.91 Å². The zero-order valence-corrected chi connectivity index (χ0v) is 16.6. The fourth-order valence-electron chi connectivity index (χ4n) is 3.61. The Morgan fingerprint density at radius 1 is 1.23 bits per heavy atom. The number of rotatable bonds is 4. The van der Waals surface area contributed by atoms with Crippen molar-refractivity contribution in [2.24, 2.45) is 0 Å². The summed E-state index contributed by atoms with van der Waals surface area (Å²) in [4.78, 5) is 15.0. The van der Waals surface area contributed by atoms with Crippen molar-refractivity contribution >= 4 is 27.5 Å².